The van der Waals surface area contributed by atoms with Crippen LogP contribution in [0.4, 0.5) is 11.4 Å². The molecule has 3 aromatic carbocycles. The minimum Gasteiger partial charge on any atom is -0.378 e. The topological polar surface area (TPSA) is 58.6 Å². The average Bonchev–Trinajstić information content (AvgIpc) is 2.75. The van der Waals surface area contributed by atoms with Crippen LogP contribution in [-0.2, 0) is 14.8 Å². The molecule has 4 rings (SSSR count). The largest absolute Gasteiger partial charge is 0.378 e. The highest BCUT2D eigenvalue weighted by Gasteiger charge is 2.22. The summed E-state index contributed by atoms with van der Waals surface area (Å²) < 4.78 is 34.1. The van der Waals surface area contributed by atoms with Crippen molar-refractivity contribution in [2.45, 2.75) is 4.90 Å². The predicted molar refractivity (Wildman–Crippen MR) is 117 cm³/mol. The van der Waals surface area contributed by atoms with E-state index in [2.05, 4.69) is 4.72 Å². The summed E-state index contributed by atoms with van der Waals surface area (Å²) in [6.45, 7) is 2.48. The highest BCUT2D eigenvalue weighted by molar-refractivity contribution is 7.92. The van der Waals surface area contributed by atoms with Crippen molar-refractivity contribution in [1.29, 1.82) is 0 Å². The fourth-order valence-corrected chi connectivity index (χ4v) is 4.73. The molecule has 0 radical (unpaired) electrons. The summed E-state index contributed by atoms with van der Waals surface area (Å²) in [5, 5.41) is 0.506. The molecule has 0 unspecified atom stereocenters. The van der Waals surface area contributed by atoms with E-state index in [1.165, 1.54) is 0 Å². The number of hydrogen-bond acceptors (Lipinski definition) is 4. The zero-order chi connectivity index (χ0) is 20.3. The summed E-state index contributed by atoms with van der Waals surface area (Å²) >= 11 is 6.41. The first kappa shape index (κ1) is 19.8. The molecular weight excluding hydrogens is 408 g/mol. The standard InChI is InChI=1S/C22H21ClN2O3S/c23-20-7-4-8-21(22(20)25-13-15-28-16-14-25)24-29(26,27)19-11-9-18(10-12-19)17-5-2-1-3-6-17/h1-12,24H,13-16H2. The van der Waals surface area contributed by atoms with Crippen LogP contribution in [0.1, 0.15) is 0 Å². The lowest BCUT2D eigenvalue weighted by molar-refractivity contribution is 0.123. The lowest BCUT2D eigenvalue weighted by Crippen LogP contribution is -2.37. The first-order valence-electron chi connectivity index (χ1n) is 9.34. The van der Waals surface area contributed by atoms with Crippen molar-refractivity contribution < 1.29 is 13.2 Å². The Morgan fingerprint density at radius 2 is 1.48 bits per heavy atom. The molecular formula is C22H21ClN2O3S. The molecule has 0 bridgehead atoms. The van der Waals surface area contributed by atoms with Gasteiger partial charge in [-0.05, 0) is 35.4 Å². The van der Waals surface area contributed by atoms with Crippen LogP contribution < -0.4 is 9.62 Å². The van der Waals surface area contributed by atoms with Crippen LogP contribution in [0.2, 0.25) is 5.02 Å². The molecule has 1 N–H and O–H groups in total. The van der Waals surface area contributed by atoms with Gasteiger partial charge >= 0.3 is 0 Å². The van der Waals surface area contributed by atoms with E-state index >= 15 is 0 Å². The van der Waals surface area contributed by atoms with Gasteiger partial charge in [-0.3, -0.25) is 4.72 Å². The molecule has 7 heteroatoms. The van der Waals surface area contributed by atoms with Crippen molar-refractivity contribution in [3.05, 3.63) is 77.8 Å². The van der Waals surface area contributed by atoms with Crippen LogP contribution in [0.5, 0.6) is 0 Å². The first-order chi connectivity index (χ1) is 14.0. The van der Waals surface area contributed by atoms with E-state index in [9.17, 15) is 8.42 Å². The fourth-order valence-electron chi connectivity index (χ4n) is 3.37. The molecule has 1 heterocycles. The number of para-hydroxylation sites is 1. The minimum atomic E-state index is -3.76. The van der Waals surface area contributed by atoms with Crippen LogP contribution in [0.25, 0.3) is 11.1 Å². The normalized spacial score (nSPS) is 14.6. The number of nitrogens with zero attached hydrogens (tertiary/aromatic N) is 1. The van der Waals surface area contributed by atoms with E-state index in [4.69, 9.17) is 16.3 Å². The molecule has 0 aliphatic carbocycles. The molecule has 0 spiro atoms. The lowest BCUT2D eigenvalue weighted by Gasteiger charge is -2.31. The van der Waals surface area contributed by atoms with E-state index in [0.29, 0.717) is 42.7 Å². The predicted octanol–water partition coefficient (Wildman–Crippen LogP) is 4.64. The number of ether oxygens (including phenoxy) is 1. The summed E-state index contributed by atoms with van der Waals surface area (Å²) in [5.74, 6) is 0. The van der Waals surface area contributed by atoms with E-state index in [1.54, 1.807) is 30.3 Å². The maximum atomic E-state index is 13.0. The number of morpholine rings is 1. The van der Waals surface area contributed by atoms with Gasteiger partial charge in [-0.1, -0.05) is 60.1 Å². The Morgan fingerprint density at radius 3 is 2.17 bits per heavy atom. The van der Waals surface area contributed by atoms with Gasteiger partial charge in [0, 0.05) is 13.1 Å². The van der Waals surface area contributed by atoms with E-state index < -0.39 is 10.0 Å². The van der Waals surface area contributed by atoms with E-state index in [0.717, 1.165) is 11.1 Å². The Hall–Kier alpha value is -2.54. The molecule has 5 nitrogen and oxygen atoms in total. The van der Waals surface area contributed by atoms with Gasteiger partial charge in [0.1, 0.15) is 0 Å². The van der Waals surface area contributed by atoms with Gasteiger partial charge < -0.3 is 9.64 Å². The monoisotopic (exact) mass is 428 g/mol. The molecule has 1 aliphatic heterocycles. The third-order valence-electron chi connectivity index (χ3n) is 4.83. The summed E-state index contributed by atoms with van der Waals surface area (Å²) in [6.07, 6.45) is 0. The van der Waals surface area contributed by atoms with Crippen LogP contribution in [-0.4, -0.2) is 34.7 Å². The molecule has 1 aliphatic rings. The van der Waals surface area contributed by atoms with Gasteiger partial charge in [0.2, 0.25) is 0 Å². The number of sulfonamides is 1. The number of hydrogen-bond donors (Lipinski definition) is 1. The van der Waals surface area contributed by atoms with Crippen molar-refractivity contribution in [2.75, 3.05) is 35.9 Å². The zero-order valence-corrected chi connectivity index (χ0v) is 17.3. The molecule has 0 aromatic heterocycles. The average molecular weight is 429 g/mol. The fraction of sp³-hybridized carbons (Fsp3) is 0.182. The third-order valence-corrected chi connectivity index (χ3v) is 6.52. The number of nitrogens with one attached hydrogen (secondary N) is 1. The van der Waals surface area contributed by atoms with Crippen molar-refractivity contribution in [3.63, 3.8) is 0 Å². The van der Waals surface area contributed by atoms with E-state index in [1.807, 2.05) is 47.4 Å². The van der Waals surface area contributed by atoms with Crippen molar-refractivity contribution >= 4 is 33.0 Å². The van der Waals surface area contributed by atoms with Gasteiger partial charge in [-0.25, -0.2) is 8.42 Å². The molecule has 3 aromatic rings. The first-order valence-corrected chi connectivity index (χ1v) is 11.2. The molecule has 0 atom stereocenters. The summed E-state index contributed by atoms with van der Waals surface area (Å²) in [6, 6.07) is 21.9. The highest BCUT2D eigenvalue weighted by Crippen LogP contribution is 2.35. The van der Waals surface area contributed by atoms with Crippen molar-refractivity contribution in [2.24, 2.45) is 0 Å². The Morgan fingerprint density at radius 1 is 0.828 bits per heavy atom. The smallest absolute Gasteiger partial charge is 0.261 e. The molecule has 1 fully saturated rings. The number of rotatable bonds is 5. The SMILES string of the molecule is O=S(=O)(Nc1cccc(Cl)c1N1CCOCC1)c1ccc(-c2ccccc2)cc1. The number of halogens is 1. The molecule has 0 amide bonds. The Labute approximate surface area is 175 Å². The van der Waals surface area contributed by atoms with Crippen molar-refractivity contribution in [3.8, 4) is 11.1 Å². The van der Waals surface area contributed by atoms with Gasteiger partial charge in [-0.2, -0.15) is 0 Å². The lowest BCUT2D eigenvalue weighted by atomic mass is 10.1. The van der Waals surface area contributed by atoms with Gasteiger partial charge in [0.15, 0.2) is 0 Å². The Kier molecular flexibility index (Phi) is 5.76. The second kappa shape index (κ2) is 8.45. The minimum absolute atomic E-state index is 0.199. The van der Waals surface area contributed by atoms with Gasteiger partial charge in [0.25, 0.3) is 10.0 Å². The van der Waals surface area contributed by atoms with Crippen LogP contribution >= 0.6 is 11.6 Å². The van der Waals surface area contributed by atoms with Gasteiger partial charge in [-0.15, -0.1) is 0 Å². The molecule has 29 heavy (non-hydrogen) atoms. The highest BCUT2D eigenvalue weighted by atomic mass is 35.5. The summed E-state index contributed by atoms with van der Waals surface area (Å²) in [7, 11) is -3.76. The maximum absolute atomic E-state index is 13.0. The number of benzene rings is 3. The maximum Gasteiger partial charge on any atom is 0.261 e. The van der Waals surface area contributed by atoms with E-state index in [-0.39, 0.29) is 4.90 Å². The molecule has 0 saturated carbocycles. The quantitative estimate of drug-likeness (QED) is 0.642. The number of anilines is 2. The second-order valence-electron chi connectivity index (χ2n) is 6.73. The zero-order valence-electron chi connectivity index (χ0n) is 15.7. The Balaban J connectivity index is 1.62. The van der Waals surface area contributed by atoms with Gasteiger partial charge in [0.05, 0.1) is 34.5 Å². The van der Waals surface area contributed by atoms with Crippen LogP contribution in [0, 0.1) is 0 Å². The van der Waals surface area contributed by atoms with Crippen LogP contribution in [0.3, 0.4) is 0 Å². The summed E-state index contributed by atoms with van der Waals surface area (Å²) in [5.41, 5.74) is 3.14. The van der Waals surface area contributed by atoms with Crippen LogP contribution in [0.15, 0.2) is 77.7 Å². The summed E-state index contributed by atoms with van der Waals surface area (Å²) in [4.78, 5) is 2.24. The third kappa shape index (κ3) is 4.40. The van der Waals surface area contributed by atoms with Crippen molar-refractivity contribution in [1.82, 2.24) is 0 Å². The molecule has 1 saturated heterocycles. The second-order valence-corrected chi connectivity index (χ2v) is 8.82. The Bertz CT molecular complexity index is 1080. The molecule has 150 valence electrons.